The van der Waals surface area contributed by atoms with Gasteiger partial charge in [0.15, 0.2) is 0 Å². The molecule has 0 N–H and O–H groups in total. The zero-order valence-corrected chi connectivity index (χ0v) is 7.51. The first-order valence-corrected chi connectivity index (χ1v) is 5.05. The lowest BCUT2D eigenvalue weighted by Gasteiger charge is -1.99. The zero-order chi connectivity index (χ0) is 9.90. The van der Waals surface area contributed by atoms with Crippen LogP contribution in [0.4, 0.5) is 3.89 Å². The van der Waals surface area contributed by atoms with E-state index in [-0.39, 0.29) is 0 Å². The van der Waals surface area contributed by atoms with Crippen LogP contribution in [-0.2, 0) is 16.0 Å². The van der Waals surface area contributed by atoms with Crippen LogP contribution < -0.4 is 0 Å². The average Bonchev–Trinajstić information content (AvgIpc) is 2.02. The highest BCUT2D eigenvalue weighted by Gasteiger charge is 2.10. The molecule has 0 aliphatic rings. The summed E-state index contributed by atoms with van der Waals surface area (Å²) in [5.74, 6) is 1.63. The van der Waals surface area contributed by atoms with Crippen molar-refractivity contribution in [1.82, 2.24) is 0 Å². The first-order valence-electron chi connectivity index (χ1n) is 3.50. The quantitative estimate of drug-likeness (QED) is 0.532. The van der Waals surface area contributed by atoms with Crippen LogP contribution in [0.3, 0.4) is 0 Å². The van der Waals surface area contributed by atoms with E-state index in [9.17, 15) is 12.3 Å². The fourth-order valence-corrected chi connectivity index (χ4v) is 1.60. The molecule has 0 atom stereocenters. The summed E-state index contributed by atoms with van der Waals surface area (Å²) in [6.07, 6.45) is 5.10. The van der Waals surface area contributed by atoms with Crippen molar-refractivity contribution < 1.29 is 12.3 Å². The number of rotatable bonds is 2. The van der Waals surface area contributed by atoms with Crippen LogP contribution >= 0.6 is 0 Å². The lowest BCUT2D eigenvalue weighted by atomic mass is 10.1. The number of benzene rings is 1. The Bertz CT molecular complexity index is 443. The minimum absolute atomic E-state index is 0.313. The highest BCUT2D eigenvalue weighted by molar-refractivity contribution is 7.85. The summed E-state index contributed by atoms with van der Waals surface area (Å²) in [4.78, 5) is 0. The van der Waals surface area contributed by atoms with Crippen molar-refractivity contribution in [2.24, 2.45) is 0 Å². The van der Waals surface area contributed by atoms with Crippen LogP contribution in [0.25, 0.3) is 0 Å². The monoisotopic (exact) mass is 198 g/mol. The van der Waals surface area contributed by atoms with Gasteiger partial charge in [0, 0.05) is 5.56 Å². The Kier molecular flexibility index (Phi) is 2.69. The van der Waals surface area contributed by atoms with E-state index in [0.29, 0.717) is 11.1 Å². The third-order valence-electron chi connectivity index (χ3n) is 1.50. The number of terminal acetylenes is 1. The summed E-state index contributed by atoms with van der Waals surface area (Å²) < 4.78 is 33.0. The minimum atomic E-state index is -4.51. The van der Waals surface area contributed by atoms with E-state index >= 15 is 0 Å². The van der Waals surface area contributed by atoms with Crippen molar-refractivity contribution in [1.29, 1.82) is 0 Å². The molecule has 0 aliphatic heterocycles. The Labute approximate surface area is 76.6 Å². The Hall–Kier alpha value is -1.34. The van der Waals surface area contributed by atoms with Gasteiger partial charge < -0.3 is 0 Å². The summed E-state index contributed by atoms with van der Waals surface area (Å²) in [5.41, 5.74) is 0.719. The van der Waals surface area contributed by atoms with Gasteiger partial charge in [-0.25, -0.2) is 0 Å². The van der Waals surface area contributed by atoms with Gasteiger partial charge in [0.05, 0.1) is 0 Å². The molecule has 0 spiro atoms. The fraction of sp³-hybridized carbons (Fsp3) is 0.111. The van der Waals surface area contributed by atoms with Crippen LogP contribution in [0.1, 0.15) is 11.1 Å². The second-order valence-electron chi connectivity index (χ2n) is 2.48. The van der Waals surface area contributed by atoms with Gasteiger partial charge in [-0.3, -0.25) is 0 Å². The molecule has 4 heteroatoms. The lowest BCUT2D eigenvalue weighted by molar-refractivity contribution is 0.551. The molecule has 0 saturated carbocycles. The summed E-state index contributed by atoms with van der Waals surface area (Å²) >= 11 is 0. The molecule has 0 aliphatic carbocycles. The molecule has 68 valence electrons. The van der Waals surface area contributed by atoms with E-state index in [4.69, 9.17) is 6.42 Å². The molecular formula is C9H7FO2S. The van der Waals surface area contributed by atoms with Crippen molar-refractivity contribution in [2.75, 3.05) is 0 Å². The third-order valence-corrected chi connectivity index (χ3v) is 2.16. The van der Waals surface area contributed by atoms with Crippen molar-refractivity contribution in [2.45, 2.75) is 5.75 Å². The minimum Gasteiger partial charge on any atom is -0.194 e. The second-order valence-corrected chi connectivity index (χ2v) is 3.85. The first-order chi connectivity index (χ1) is 6.03. The predicted molar refractivity (Wildman–Crippen MR) is 48.1 cm³/mol. The van der Waals surface area contributed by atoms with Gasteiger partial charge in [0.25, 0.3) is 0 Å². The molecule has 0 saturated heterocycles. The largest absolute Gasteiger partial charge is 0.306 e. The molecule has 2 nitrogen and oxygen atoms in total. The van der Waals surface area contributed by atoms with Crippen LogP contribution in [-0.4, -0.2) is 8.42 Å². The lowest BCUT2D eigenvalue weighted by Crippen LogP contribution is -1.98. The molecule has 1 aromatic rings. The van der Waals surface area contributed by atoms with Crippen LogP contribution in [0.5, 0.6) is 0 Å². The standard InChI is InChI=1S/C9H7FO2S/c1-2-8-5-3-4-6-9(8)7-13(10,11)12/h1,3-6H,7H2. The Balaban J connectivity index is 3.10. The number of halogens is 1. The van der Waals surface area contributed by atoms with E-state index in [0.717, 1.165) is 0 Å². The normalized spacial score (nSPS) is 10.8. The molecule has 0 unspecified atom stereocenters. The van der Waals surface area contributed by atoms with Gasteiger partial charge >= 0.3 is 10.2 Å². The molecule has 0 radical (unpaired) electrons. The van der Waals surface area contributed by atoms with Crippen LogP contribution in [0, 0.1) is 12.3 Å². The molecule has 0 heterocycles. The molecular weight excluding hydrogens is 191 g/mol. The highest BCUT2D eigenvalue weighted by atomic mass is 32.3. The molecule has 0 aromatic heterocycles. The van der Waals surface area contributed by atoms with Crippen molar-refractivity contribution in [3.63, 3.8) is 0 Å². The maximum absolute atomic E-state index is 12.3. The van der Waals surface area contributed by atoms with E-state index in [1.807, 2.05) is 0 Å². The van der Waals surface area contributed by atoms with Gasteiger partial charge in [-0.05, 0) is 11.6 Å². The van der Waals surface area contributed by atoms with Crippen LogP contribution in [0.15, 0.2) is 24.3 Å². The molecule has 0 fully saturated rings. The van der Waals surface area contributed by atoms with Gasteiger partial charge in [0.1, 0.15) is 5.75 Å². The highest BCUT2D eigenvalue weighted by Crippen LogP contribution is 2.12. The second kappa shape index (κ2) is 3.58. The fourth-order valence-electron chi connectivity index (χ4n) is 0.973. The van der Waals surface area contributed by atoms with Gasteiger partial charge in [-0.1, -0.05) is 24.1 Å². The maximum Gasteiger partial charge on any atom is 0.306 e. The summed E-state index contributed by atoms with van der Waals surface area (Å²) in [6, 6.07) is 6.34. The zero-order valence-electron chi connectivity index (χ0n) is 6.70. The number of hydrogen-bond donors (Lipinski definition) is 0. The van der Waals surface area contributed by atoms with Crippen molar-refractivity contribution >= 4 is 10.2 Å². The molecule has 1 aromatic carbocycles. The Morgan fingerprint density at radius 3 is 2.54 bits per heavy atom. The Morgan fingerprint density at radius 2 is 2.00 bits per heavy atom. The summed E-state index contributed by atoms with van der Waals surface area (Å²) in [6.45, 7) is 0. The number of hydrogen-bond acceptors (Lipinski definition) is 2. The SMILES string of the molecule is C#Cc1ccccc1CS(=O)(=O)F. The van der Waals surface area contributed by atoms with Crippen molar-refractivity contribution in [3.05, 3.63) is 35.4 Å². The first kappa shape index (κ1) is 9.75. The van der Waals surface area contributed by atoms with E-state index < -0.39 is 16.0 Å². The van der Waals surface area contributed by atoms with E-state index in [1.54, 1.807) is 18.2 Å². The molecule has 0 bridgehead atoms. The topological polar surface area (TPSA) is 34.1 Å². The maximum atomic E-state index is 12.3. The third kappa shape index (κ3) is 2.88. The summed E-state index contributed by atoms with van der Waals surface area (Å²) in [5, 5.41) is 0. The average molecular weight is 198 g/mol. The van der Waals surface area contributed by atoms with E-state index in [2.05, 4.69) is 5.92 Å². The predicted octanol–water partition coefficient (Wildman–Crippen LogP) is 1.47. The molecule has 13 heavy (non-hydrogen) atoms. The van der Waals surface area contributed by atoms with E-state index in [1.165, 1.54) is 6.07 Å². The summed E-state index contributed by atoms with van der Waals surface area (Å²) in [7, 11) is -4.51. The molecule has 0 amide bonds. The van der Waals surface area contributed by atoms with Gasteiger partial charge in [0.2, 0.25) is 0 Å². The smallest absolute Gasteiger partial charge is 0.194 e. The van der Waals surface area contributed by atoms with Gasteiger partial charge in [-0.15, -0.1) is 10.3 Å². The van der Waals surface area contributed by atoms with Crippen molar-refractivity contribution in [3.8, 4) is 12.3 Å². The Morgan fingerprint density at radius 1 is 1.38 bits per heavy atom. The molecule has 1 rings (SSSR count). The van der Waals surface area contributed by atoms with Crippen LogP contribution in [0.2, 0.25) is 0 Å². The van der Waals surface area contributed by atoms with Gasteiger partial charge in [-0.2, -0.15) is 8.42 Å².